The van der Waals surface area contributed by atoms with E-state index in [1.165, 1.54) is 18.1 Å². The van der Waals surface area contributed by atoms with Crippen LogP contribution in [0.3, 0.4) is 0 Å². The Bertz CT molecular complexity index is 1100. The third kappa shape index (κ3) is 3.97. The molecule has 0 radical (unpaired) electrons. The van der Waals surface area contributed by atoms with E-state index in [4.69, 9.17) is 17.0 Å². The zero-order valence-electron chi connectivity index (χ0n) is 17.0. The average molecular weight is 423 g/mol. The SMILES string of the molecule is C=CCc1cc(/C=C2\C(=O)NC(=S)N(c3ccc(C)cc3C)C2=O)cc(OC)c1O. The van der Waals surface area contributed by atoms with E-state index in [2.05, 4.69) is 11.9 Å². The molecule has 154 valence electrons. The van der Waals surface area contributed by atoms with Crippen LogP contribution in [0.4, 0.5) is 5.69 Å². The number of benzene rings is 2. The lowest BCUT2D eigenvalue weighted by atomic mass is 10.0. The fourth-order valence-electron chi connectivity index (χ4n) is 3.34. The van der Waals surface area contributed by atoms with Gasteiger partial charge in [0.15, 0.2) is 16.6 Å². The predicted molar refractivity (Wildman–Crippen MR) is 121 cm³/mol. The highest BCUT2D eigenvalue weighted by Crippen LogP contribution is 2.33. The molecule has 2 aromatic carbocycles. The number of amides is 2. The standard InChI is InChI=1S/C23H22N2O4S/c1-5-6-16-10-15(12-19(29-4)20(16)26)11-17-21(27)24-23(30)25(22(17)28)18-8-7-13(2)9-14(18)3/h5,7-12,26H,1,6H2,2-4H3,(H,24,27,30)/b17-11+. The van der Waals surface area contributed by atoms with Gasteiger partial charge in [-0.05, 0) is 67.9 Å². The number of aromatic hydroxyl groups is 1. The van der Waals surface area contributed by atoms with Crippen molar-refractivity contribution >= 4 is 40.9 Å². The Kier molecular flexibility index (Phi) is 6.03. The first-order valence-corrected chi connectivity index (χ1v) is 9.67. The number of thiocarbonyl (C=S) groups is 1. The molecule has 0 bridgehead atoms. The molecule has 6 nitrogen and oxygen atoms in total. The van der Waals surface area contributed by atoms with Crippen LogP contribution in [0.1, 0.15) is 22.3 Å². The van der Waals surface area contributed by atoms with Crippen LogP contribution in [0.15, 0.2) is 48.6 Å². The highest BCUT2D eigenvalue weighted by Gasteiger charge is 2.35. The summed E-state index contributed by atoms with van der Waals surface area (Å²) in [5, 5.41) is 12.9. The number of anilines is 1. The molecule has 1 aliphatic rings. The third-order valence-corrected chi connectivity index (χ3v) is 5.05. The molecular formula is C23H22N2O4S. The van der Waals surface area contributed by atoms with Gasteiger partial charge in [-0.1, -0.05) is 23.8 Å². The van der Waals surface area contributed by atoms with Gasteiger partial charge in [-0.15, -0.1) is 6.58 Å². The molecule has 3 rings (SSSR count). The number of hydrogen-bond acceptors (Lipinski definition) is 5. The summed E-state index contributed by atoms with van der Waals surface area (Å²) in [4.78, 5) is 27.1. The predicted octanol–water partition coefficient (Wildman–Crippen LogP) is 3.58. The molecule has 1 fully saturated rings. The number of aryl methyl sites for hydroxylation is 2. The highest BCUT2D eigenvalue weighted by atomic mass is 32.1. The maximum atomic E-state index is 13.2. The number of hydrogen-bond donors (Lipinski definition) is 2. The summed E-state index contributed by atoms with van der Waals surface area (Å²) in [5.41, 5.74) is 3.56. The summed E-state index contributed by atoms with van der Waals surface area (Å²) in [6.07, 6.45) is 3.51. The minimum atomic E-state index is -0.580. The lowest BCUT2D eigenvalue weighted by Crippen LogP contribution is -2.54. The van der Waals surface area contributed by atoms with Crippen LogP contribution in [0.2, 0.25) is 0 Å². The fourth-order valence-corrected chi connectivity index (χ4v) is 3.61. The van der Waals surface area contributed by atoms with Crippen molar-refractivity contribution in [3.05, 3.63) is 70.8 Å². The van der Waals surface area contributed by atoms with Gasteiger partial charge in [-0.3, -0.25) is 19.8 Å². The molecule has 7 heteroatoms. The summed E-state index contributed by atoms with van der Waals surface area (Å²) in [5.74, 6) is -0.861. The molecule has 0 saturated carbocycles. The molecule has 1 saturated heterocycles. The molecule has 0 atom stereocenters. The third-order valence-electron chi connectivity index (χ3n) is 4.77. The van der Waals surface area contributed by atoms with E-state index in [-0.39, 0.29) is 22.2 Å². The van der Waals surface area contributed by atoms with Crippen molar-refractivity contribution in [1.29, 1.82) is 0 Å². The van der Waals surface area contributed by atoms with Crippen LogP contribution in [0, 0.1) is 13.8 Å². The fraction of sp³-hybridized carbons (Fsp3) is 0.174. The molecule has 30 heavy (non-hydrogen) atoms. The maximum Gasteiger partial charge on any atom is 0.270 e. The number of ether oxygens (including phenoxy) is 1. The van der Waals surface area contributed by atoms with E-state index in [0.29, 0.717) is 23.2 Å². The van der Waals surface area contributed by atoms with Crippen LogP contribution in [0.25, 0.3) is 6.08 Å². The number of nitrogens with one attached hydrogen (secondary N) is 1. The largest absolute Gasteiger partial charge is 0.504 e. The van der Waals surface area contributed by atoms with Gasteiger partial charge in [0.05, 0.1) is 12.8 Å². The zero-order chi connectivity index (χ0) is 22.0. The van der Waals surface area contributed by atoms with E-state index in [1.807, 2.05) is 26.0 Å². The topological polar surface area (TPSA) is 78.9 Å². The second-order valence-electron chi connectivity index (χ2n) is 6.97. The summed E-state index contributed by atoms with van der Waals surface area (Å²) < 4.78 is 5.22. The molecule has 1 aliphatic heterocycles. The van der Waals surface area contributed by atoms with Crippen LogP contribution in [0.5, 0.6) is 11.5 Å². The van der Waals surface area contributed by atoms with Crippen LogP contribution in [-0.2, 0) is 16.0 Å². The molecule has 0 aromatic heterocycles. The van der Waals surface area contributed by atoms with E-state index in [1.54, 1.807) is 24.3 Å². The zero-order valence-corrected chi connectivity index (χ0v) is 17.8. The Morgan fingerprint density at radius 2 is 1.97 bits per heavy atom. The quantitative estimate of drug-likeness (QED) is 0.333. The van der Waals surface area contributed by atoms with Crippen molar-refractivity contribution in [3.63, 3.8) is 0 Å². The molecule has 0 unspecified atom stereocenters. The van der Waals surface area contributed by atoms with Gasteiger partial charge in [0.2, 0.25) is 0 Å². The molecule has 0 spiro atoms. The Hall–Kier alpha value is -3.45. The van der Waals surface area contributed by atoms with Crippen molar-refractivity contribution in [3.8, 4) is 11.5 Å². The van der Waals surface area contributed by atoms with E-state index >= 15 is 0 Å². The van der Waals surface area contributed by atoms with Gasteiger partial charge in [-0.25, -0.2) is 0 Å². The van der Waals surface area contributed by atoms with Crippen molar-refractivity contribution in [2.75, 3.05) is 12.0 Å². The first kappa shape index (κ1) is 21.3. The highest BCUT2D eigenvalue weighted by molar-refractivity contribution is 7.80. The smallest absolute Gasteiger partial charge is 0.270 e. The van der Waals surface area contributed by atoms with Crippen LogP contribution < -0.4 is 15.0 Å². The van der Waals surface area contributed by atoms with Gasteiger partial charge < -0.3 is 9.84 Å². The minimum Gasteiger partial charge on any atom is -0.504 e. The van der Waals surface area contributed by atoms with Crippen molar-refractivity contribution in [2.45, 2.75) is 20.3 Å². The first-order chi connectivity index (χ1) is 14.3. The summed E-state index contributed by atoms with van der Waals surface area (Å²) in [6.45, 7) is 7.52. The van der Waals surface area contributed by atoms with Gasteiger partial charge in [0, 0.05) is 5.56 Å². The van der Waals surface area contributed by atoms with Crippen LogP contribution >= 0.6 is 12.2 Å². The number of phenols is 1. The van der Waals surface area contributed by atoms with E-state index in [9.17, 15) is 14.7 Å². The molecule has 2 amide bonds. The summed E-state index contributed by atoms with van der Waals surface area (Å²) >= 11 is 5.27. The van der Waals surface area contributed by atoms with Crippen molar-refractivity contribution < 1.29 is 19.4 Å². The lowest BCUT2D eigenvalue weighted by molar-refractivity contribution is -0.122. The Balaban J connectivity index is 2.09. The minimum absolute atomic E-state index is 0.00273. The Morgan fingerprint density at radius 3 is 2.60 bits per heavy atom. The van der Waals surface area contributed by atoms with Gasteiger partial charge in [-0.2, -0.15) is 0 Å². The molecule has 2 aromatic rings. The molecule has 1 heterocycles. The lowest BCUT2D eigenvalue weighted by Gasteiger charge is -2.30. The molecule has 0 aliphatic carbocycles. The molecular weight excluding hydrogens is 400 g/mol. The van der Waals surface area contributed by atoms with Gasteiger partial charge >= 0.3 is 0 Å². The van der Waals surface area contributed by atoms with Crippen molar-refractivity contribution in [1.82, 2.24) is 5.32 Å². The number of allylic oxidation sites excluding steroid dienone is 1. The first-order valence-electron chi connectivity index (χ1n) is 9.26. The van der Waals surface area contributed by atoms with Gasteiger partial charge in [0.25, 0.3) is 11.8 Å². The van der Waals surface area contributed by atoms with Gasteiger partial charge in [0.1, 0.15) is 5.57 Å². The number of phenolic OH excluding ortho intramolecular Hbond substituents is 1. The Labute approximate surface area is 180 Å². The monoisotopic (exact) mass is 422 g/mol. The summed E-state index contributed by atoms with van der Waals surface area (Å²) in [6, 6.07) is 8.86. The number of carbonyl (C=O) groups excluding carboxylic acids is 2. The van der Waals surface area contributed by atoms with Crippen LogP contribution in [-0.4, -0.2) is 29.1 Å². The number of carbonyl (C=O) groups is 2. The van der Waals surface area contributed by atoms with Crippen molar-refractivity contribution in [2.24, 2.45) is 0 Å². The second-order valence-corrected chi connectivity index (χ2v) is 7.36. The number of nitrogens with zero attached hydrogens (tertiary/aromatic N) is 1. The Morgan fingerprint density at radius 1 is 1.23 bits per heavy atom. The van der Waals surface area contributed by atoms with E-state index < -0.39 is 11.8 Å². The second kappa shape index (κ2) is 8.51. The normalized spacial score (nSPS) is 15.4. The number of methoxy groups -OCH3 is 1. The number of rotatable bonds is 5. The average Bonchev–Trinajstić information content (AvgIpc) is 2.69. The maximum absolute atomic E-state index is 13.2. The van der Waals surface area contributed by atoms with E-state index in [0.717, 1.165) is 11.1 Å². The molecule has 2 N–H and O–H groups in total. The summed E-state index contributed by atoms with van der Waals surface area (Å²) in [7, 11) is 1.43.